The van der Waals surface area contributed by atoms with Crippen molar-refractivity contribution in [1.82, 2.24) is 5.32 Å². The van der Waals surface area contributed by atoms with Crippen LogP contribution in [-0.2, 0) is 0 Å². The first kappa shape index (κ1) is 14.2. The molecule has 100 valence electrons. The standard InChI is InChI=1S/C17H21NS/c1-3-12-19-13-11-18-14(2)16-10-6-8-15-7-4-5-9-17(15)16/h3-10,14,18H,1,11-13H2,2H3. The van der Waals surface area contributed by atoms with Gasteiger partial charge in [0.2, 0.25) is 0 Å². The van der Waals surface area contributed by atoms with E-state index in [0.29, 0.717) is 6.04 Å². The van der Waals surface area contributed by atoms with E-state index >= 15 is 0 Å². The maximum absolute atomic E-state index is 3.73. The van der Waals surface area contributed by atoms with Gasteiger partial charge in [0.05, 0.1) is 0 Å². The van der Waals surface area contributed by atoms with Gasteiger partial charge in [0.25, 0.3) is 0 Å². The van der Waals surface area contributed by atoms with E-state index in [-0.39, 0.29) is 0 Å². The molecule has 0 heterocycles. The van der Waals surface area contributed by atoms with Crippen molar-refractivity contribution >= 4 is 22.5 Å². The van der Waals surface area contributed by atoms with E-state index in [4.69, 9.17) is 0 Å². The highest BCUT2D eigenvalue weighted by molar-refractivity contribution is 7.99. The molecular formula is C17H21NS. The second-order valence-corrected chi connectivity index (χ2v) is 5.76. The predicted molar refractivity (Wildman–Crippen MR) is 87.9 cm³/mol. The molecule has 2 heteroatoms. The third kappa shape index (κ3) is 3.85. The van der Waals surface area contributed by atoms with Crippen molar-refractivity contribution in [3.8, 4) is 0 Å². The quantitative estimate of drug-likeness (QED) is 0.591. The third-order valence-electron chi connectivity index (χ3n) is 3.22. The monoisotopic (exact) mass is 271 g/mol. The number of rotatable bonds is 7. The van der Waals surface area contributed by atoms with Crippen LogP contribution in [0.15, 0.2) is 55.1 Å². The number of benzene rings is 2. The normalized spacial score (nSPS) is 12.5. The molecule has 0 aliphatic carbocycles. The van der Waals surface area contributed by atoms with Crippen LogP contribution < -0.4 is 5.32 Å². The van der Waals surface area contributed by atoms with Crippen molar-refractivity contribution in [3.05, 3.63) is 60.7 Å². The Morgan fingerprint density at radius 1 is 1.21 bits per heavy atom. The smallest absolute Gasteiger partial charge is 0.0298 e. The minimum atomic E-state index is 0.385. The minimum absolute atomic E-state index is 0.385. The van der Waals surface area contributed by atoms with Gasteiger partial charge in [-0.05, 0) is 23.3 Å². The van der Waals surface area contributed by atoms with E-state index in [2.05, 4.69) is 61.3 Å². The number of fused-ring (bicyclic) bond motifs is 1. The van der Waals surface area contributed by atoms with Crippen LogP contribution in [0.5, 0.6) is 0 Å². The van der Waals surface area contributed by atoms with Crippen molar-refractivity contribution in [2.24, 2.45) is 0 Å². The van der Waals surface area contributed by atoms with Gasteiger partial charge in [-0.1, -0.05) is 48.5 Å². The molecule has 1 N–H and O–H groups in total. The summed E-state index contributed by atoms with van der Waals surface area (Å²) in [5.74, 6) is 2.16. The summed E-state index contributed by atoms with van der Waals surface area (Å²) in [6.07, 6.45) is 1.96. The van der Waals surface area contributed by atoms with Gasteiger partial charge in [0, 0.05) is 24.1 Å². The molecule has 19 heavy (non-hydrogen) atoms. The third-order valence-corrected chi connectivity index (χ3v) is 4.19. The molecule has 2 aromatic rings. The molecule has 0 saturated heterocycles. The Bertz CT molecular complexity index is 530. The first-order valence-corrected chi connectivity index (χ1v) is 7.88. The van der Waals surface area contributed by atoms with Crippen LogP contribution in [-0.4, -0.2) is 18.1 Å². The molecule has 0 radical (unpaired) electrons. The van der Waals surface area contributed by atoms with Gasteiger partial charge in [-0.3, -0.25) is 0 Å². The van der Waals surface area contributed by atoms with Crippen LogP contribution >= 0.6 is 11.8 Å². The van der Waals surface area contributed by atoms with Gasteiger partial charge < -0.3 is 5.32 Å². The van der Waals surface area contributed by atoms with Crippen LogP contribution in [0.2, 0.25) is 0 Å². The Morgan fingerprint density at radius 3 is 2.84 bits per heavy atom. The maximum atomic E-state index is 3.73. The minimum Gasteiger partial charge on any atom is -0.309 e. The van der Waals surface area contributed by atoms with E-state index in [0.717, 1.165) is 18.1 Å². The Labute approximate surface area is 120 Å². The fraction of sp³-hybridized carbons (Fsp3) is 0.294. The van der Waals surface area contributed by atoms with E-state index < -0.39 is 0 Å². The summed E-state index contributed by atoms with van der Waals surface area (Å²) in [4.78, 5) is 0. The largest absolute Gasteiger partial charge is 0.309 e. The van der Waals surface area contributed by atoms with Crippen molar-refractivity contribution < 1.29 is 0 Å². The molecule has 0 fully saturated rings. The van der Waals surface area contributed by atoms with Crippen LogP contribution in [0, 0.1) is 0 Å². The average Bonchev–Trinajstić information content (AvgIpc) is 2.46. The Balaban J connectivity index is 2.01. The van der Waals surface area contributed by atoms with Crippen LogP contribution in [0.4, 0.5) is 0 Å². The van der Waals surface area contributed by atoms with Crippen LogP contribution in [0.3, 0.4) is 0 Å². The first-order chi connectivity index (χ1) is 9.33. The molecule has 2 aromatic carbocycles. The second kappa shape index (κ2) is 7.37. The fourth-order valence-electron chi connectivity index (χ4n) is 2.25. The molecule has 1 nitrogen and oxygen atoms in total. The molecule has 0 amide bonds. The zero-order valence-corrected chi connectivity index (χ0v) is 12.2. The van der Waals surface area contributed by atoms with E-state index in [1.807, 2.05) is 17.8 Å². The molecule has 2 rings (SSSR count). The summed E-state index contributed by atoms with van der Waals surface area (Å²) in [6.45, 7) is 7.00. The Morgan fingerprint density at radius 2 is 2.00 bits per heavy atom. The lowest BCUT2D eigenvalue weighted by Crippen LogP contribution is -2.21. The number of thioether (sulfide) groups is 1. The van der Waals surface area contributed by atoms with Crippen molar-refractivity contribution in [3.63, 3.8) is 0 Å². The summed E-state index contributed by atoms with van der Waals surface area (Å²) in [6, 6.07) is 15.5. The van der Waals surface area contributed by atoms with Crippen molar-refractivity contribution in [2.75, 3.05) is 18.1 Å². The highest BCUT2D eigenvalue weighted by atomic mass is 32.2. The summed E-state index contributed by atoms with van der Waals surface area (Å²) in [7, 11) is 0. The second-order valence-electron chi connectivity index (χ2n) is 4.61. The van der Waals surface area contributed by atoms with Gasteiger partial charge in [0.15, 0.2) is 0 Å². The van der Waals surface area contributed by atoms with Crippen LogP contribution in [0.1, 0.15) is 18.5 Å². The molecule has 0 bridgehead atoms. The maximum Gasteiger partial charge on any atom is 0.0298 e. The molecule has 0 aromatic heterocycles. The molecule has 1 unspecified atom stereocenters. The summed E-state index contributed by atoms with van der Waals surface area (Å²) in [5.41, 5.74) is 1.38. The van der Waals surface area contributed by atoms with Crippen LogP contribution in [0.25, 0.3) is 10.8 Å². The van der Waals surface area contributed by atoms with E-state index in [1.54, 1.807) is 0 Å². The Hall–Kier alpha value is -1.25. The topological polar surface area (TPSA) is 12.0 Å². The van der Waals surface area contributed by atoms with Gasteiger partial charge in [-0.25, -0.2) is 0 Å². The van der Waals surface area contributed by atoms with Crippen molar-refractivity contribution in [2.45, 2.75) is 13.0 Å². The molecular weight excluding hydrogens is 250 g/mol. The molecule has 0 aliphatic rings. The average molecular weight is 271 g/mol. The number of nitrogens with one attached hydrogen (secondary N) is 1. The number of hydrogen-bond acceptors (Lipinski definition) is 2. The number of hydrogen-bond donors (Lipinski definition) is 1. The molecule has 1 atom stereocenters. The van der Waals surface area contributed by atoms with Gasteiger partial charge in [-0.15, -0.1) is 6.58 Å². The lowest BCUT2D eigenvalue weighted by molar-refractivity contribution is 0.605. The Kier molecular flexibility index (Phi) is 5.49. The summed E-state index contributed by atoms with van der Waals surface area (Å²) < 4.78 is 0. The first-order valence-electron chi connectivity index (χ1n) is 6.72. The van der Waals surface area contributed by atoms with E-state index in [9.17, 15) is 0 Å². The summed E-state index contributed by atoms with van der Waals surface area (Å²) >= 11 is 1.91. The zero-order chi connectivity index (χ0) is 13.5. The lowest BCUT2D eigenvalue weighted by Gasteiger charge is -2.16. The fourth-order valence-corrected chi connectivity index (χ4v) is 2.85. The SMILES string of the molecule is C=CCSCCNC(C)c1cccc2ccccc12. The predicted octanol–water partition coefficient (Wildman–Crippen LogP) is 4.41. The highest BCUT2D eigenvalue weighted by Gasteiger charge is 2.07. The van der Waals surface area contributed by atoms with Gasteiger partial charge in [0.1, 0.15) is 0 Å². The van der Waals surface area contributed by atoms with Gasteiger partial charge >= 0.3 is 0 Å². The van der Waals surface area contributed by atoms with Gasteiger partial charge in [-0.2, -0.15) is 11.8 Å². The highest BCUT2D eigenvalue weighted by Crippen LogP contribution is 2.23. The molecule has 0 saturated carbocycles. The molecule has 0 spiro atoms. The van der Waals surface area contributed by atoms with Crippen molar-refractivity contribution in [1.29, 1.82) is 0 Å². The lowest BCUT2D eigenvalue weighted by atomic mass is 10.00. The summed E-state index contributed by atoms with van der Waals surface area (Å²) in [5, 5.41) is 6.26. The molecule has 0 aliphatic heterocycles. The van der Waals surface area contributed by atoms with E-state index in [1.165, 1.54) is 16.3 Å². The zero-order valence-electron chi connectivity index (χ0n) is 11.4.